The van der Waals surface area contributed by atoms with Crippen molar-refractivity contribution in [2.45, 2.75) is 0 Å². The van der Waals surface area contributed by atoms with E-state index >= 15 is 0 Å². The summed E-state index contributed by atoms with van der Waals surface area (Å²) in [5.41, 5.74) is 11.9. The summed E-state index contributed by atoms with van der Waals surface area (Å²) in [7, 11) is 0. The maximum atomic E-state index is 9.97. The number of nitrogens with zero attached hydrogens (tertiary/aromatic N) is 4. The van der Waals surface area contributed by atoms with E-state index in [0.717, 1.165) is 55.4 Å². The van der Waals surface area contributed by atoms with Gasteiger partial charge < -0.3 is 9.13 Å². The van der Waals surface area contributed by atoms with Crippen molar-refractivity contribution in [1.82, 2.24) is 9.13 Å². The van der Waals surface area contributed by atoms with Crippen LogP contribution in [0.25, 0.3) is 82.1 Å². The molecule has 0 N–H and O–H groups in total. The van der Waals surface area contributed by atoms with Crippen LogP contribution in [0.5, 0.6) is 0 Å². The molecular formula is C44H26N4. The Balaban J connectivity index is 1.18. The Hall–Kier alpha value is -6.88. The summed E-state index contributed by atoms with van der Waals surface area (Å²) in [5.74, 6) is 0. The fourth-order valence-corrected chi connectivity index (χ4v) is 7.26. The lowest BCUT2D eigenvalue weighted by Gasteiger charge is -2.15. The number of para-hydroxylation sites is 3. The van der Waals surface area contributed by atoms with Gasteiger partial charge in [-0.25, -0.2) is 4.85 Å². The third-order valence-electron chi connectivity index (χ3n) is 9.38. The van der Waals surface area contributed by atoms with Gasteiger partial charge in [-0.3, -0.25) is 0 Å². The van der Waals surface area contributed by atoms with E-state index in [1.165, 1.54) is 21.8 Å². The Kier molecular flexibility index (Phi) is 6.22. The highest BCUT2D eigenvalue weighted by molar-refractivity contribution is 6.12. The van der Waals surface area contributed by atoms with E-state index < -0.39 is 0 Å². The molecule has 0 saturated heterocycles. The summed E-state index contributed by atoms with van der Waals surface area (Å²) in [5, 5.41) is 14.4. The van der Waals surface area contributed by atoms with E-state index in [1.54, 1.807) is 0 Å². The van der Waals surface area contributed by atoms with Crippen LogP contribution in [0.2, 0.25) is 0 Å². The monoisotopic (exact) mass is 610 g/mol. The Morgan fingerprint density at radius 1 is 0.500 bits per heavy atom. The molecule has 0 saturated carbocycles. The molecule has 222 valence electrons. The highest BCUT2D eigenvalue weighted by Crippen LogP contribution is 2.40. The van der Waals surface area contributed by atoms with Crippen molar-refractivity contribution in [3.05, 3.63) is 175 Å². The number of nitriles is 1. The van der Waals surface area contributed by atoms with Gasteiger partial charge in [0.05, 0.1) is 40.3 Å². The molecule has 0 fully saturated rings. The SMILES string of the molecule is [C-]#[N+]c1ccc(-c2ccc(-c3cccc(-n4c5ccccc5c5ccccc54)c3)cc2)c(-n2c3ccccc3c3c(C#N)cccc32)c1. The normalized spacial score (nSPS) is 11.3. The van der Waals surface area contributed by atoms with Gasteiger partial charge in [0, 0.05) is 38.5 Å². The minimum atomic E-state index is 0.564. The lowest BCUT2D eigenvalue weighted by molar-refractivity contribution is 1.18. The second-order valence-electron chi connectivity index (χ2n) is 12.0. The summed E-state index contributed by atoms with van der Waals surface area (Å²) in [4.78, 5) is 3.77. The Morgan fingerprint density at radius 2 is 1.10 bits per heavy atom. The quantitative estimate of drug-likeness (QED) is 0.183. The van der Waals surface area contributed by atoms with Gasteiger partial charge in [0.1, 0.15) is 0 Å². The summed E-state index contributed by atoms with van der Waals surface area (Å²) in [6.45, 7) is 7.78. The first-order valence-electron chi connectivity index (χ1n) is 15.9. The molecule has 0 aliphatic heterocycles. The van der Waals surface area contributed by atoms with Crippen LogP contribution in [0.15, 0.2) is 158 Å². The zero-order valence-corrected chi connectivity index (χ0v) is 25.8. The number of aromatic nitrogens is 2. The van der Waals surface area contributed by atoms with E-state index in [2.05, 4.69) is 135 Å². The number of benzene rings is 7. The molecule has 4 nitrogen and oxygen atoms in total. The first kappa shape index (κ1) is 27.4. The van der Waals surface area contributed by atoms with Gasteiger partial charge in [-0.15, -0.1) is 0 Å². The number of fused-ring (bicyclic) bond motifs is 6. The van der Waals surface area contributed by atoms with Crippen molar-refractivity contribution in [2.75, 3.05) is 0 Å². The molecule has 9 aromatic rings. The smallest absolute Gasteiger partial charge is 0.189 e. The van der Waals surface area contributed by atoms with Gasteiger partial charge in [0.2, 0.25) is 0 Å². The first-order valence-corrected chi connectivity index (χ1v) is 15.9. The molecule has 2 aromatic heterocycles. The average molecular weight is 611 g/mol. The van der Waals surface area contributed by atoms with Crippen molar-refractivity contribution in [3.63, 3.8) is 0 Å². The Morgan fingerprint density at radius 3 is 1.79 bits per heavy atom. The van der Waals surface area contributed by atoms with Crippen molar-refractivity contribution in [3.8, 4) is 39.7 Å². The molecule has 48 heavy (non-hydrogen) atoms. The van der Waals surface area contributed by atoms with E-state index in [-0.39, 0.29) is 0 Å². The highest BCUT2D eigenvalue weighted by atomic mass is 15.0. The first-order chi connectivity index (χ1) is 23.7. The molecular weight excluding hydrogens is 585 g/mol. The van der Waals surface area contributed by atoms with Crippen molar-refractivity contribution >= 4 is 49.3 Å². The summed E-state index contributed by atoms with van der Waals surface area (Å²) in [6.07, 6.45) is 0. The molecule has 0 aliphatic rings. The van der Waals surface area contributed by atoms with E-state index in [1.807, 2.05) is 42.5 Å². The van der Waals surface area contributed by atoms with Crippen LogP contribution in [0, 0.1) is 17.9 Å². The molecule has 0 radical (unpaired) electrons. The van der Waals surface area contributed by atoms with Gasteiger partial charge in [0.25, 0.3) is 0 Å². The molecule has 7 aromatic carbocycles. The van der Waals surface area contributed by atoms with Crippen LogP contribution in [0.3, 0.4) is 0 Å². The number of rotatable bonds is 4. The standard InChI is InChI=1S/C44H26N4/c1-46-33-24-25-35(43(27-33)48-41-18-7-4-15-38(41)44-32(28-45)11-9-19-42(44)48)30-22-20-29(21-23-30)31-10-8-12-34(26-31)47-39-16-5-2-13-36(39)37-14-3-6-17-40(37)47/h2-27H. The maximum Gasteiger partial charge on any atom is 0.189 e. The molecule has 0 spiro atoms. The fourth-order valence-electron chi connectivity index (χ4n) is 7.26. The van der Waals surface area contributed by atoms with E-state index in [0.29, 0.717) is 11.3 Å². The molecule has 4 heteroatoms. The minimum absolute atomic E-state index is 0.564. The maximum absolute atomic E-state index is 9.97. The summed E-state index contributed by atoms with van der Waals surface area (Å²) in [6, 6.07) is 56.8. The van der Waals surface area contributed by atoms with Crippen molar-refractivity contribution in [1.29, 1.82) is 5.26 Å². The van der Waals surface area contributed by atoms with Gasteiger partial charge in [-0.1, -0.05) is 109 Å². The molecule has 0 unspecified atom stereocenters. The van der Waals surface area contributed by atoms with Crippen LogP contribution in [0.1, 0.15) is 5.56 Å². The highest BCUT2D eigenvalue weighted by Gasteiger charge is 2.18. The molecule has 0 bridgehead atoms. The van der Waals surface area contributed by atoms with Crippen LogP contribution < -0.4 is 0 Å². The zero-order valence-electron chi connectivity index (χ0n) is 25.8. The molecule has 0 aliphatic carbocycles. The van der Waals surface area contributed by atoms with Crippen LogP contribution in [-0.4, -0.2) is 9.13 Å². The summed E-state index contributed by atoms with van der Waals surface area (Å²) >= 11 is 0. The Labute approximate surface area is 277 Å². The van der Waals surface area contributed by atoms with Crippen molar-refractivity contribution < 1.29 is 0 Å². The van der Waals surface area contributed by atoms with Gasteiger partial charge in [0.15, 0.2) is 5.69 Å². The third-order valence-corrected chi connectivity index (χ3v) is 9.38. The predicted molar refractivity (Wildman–Crippen MR) is 197 cm³/mol. The number of hydrogen-bond donors (Lipinski definition) is 0. The Bertz CT molecular complexity index is 2750. The van der Waals surface area contributed by atoms with Crippen LogP contribution in [0.4, 0.5) is 5.69 Å². The van der Waals surface area contributed by atoms with E-state index in [4.69, 9.17) is 6.57 Å². The second kappa shape index (κ2) is 10.9. The topological polar surface area (TPSA) is 38.0 Å². The van der Waals surface area contributed by atoms with Crippen LogP contribution in [-0.2, 0) is 0 Å². The summed E-state index contributed by atoms with van der Waals surface area (Å²) < 4.78 is 4.54. The predicted octanol–water partition coefficient (Wildman–Crippen LogP) is 11.6. The molecule has 0 atom stereocenters. The molecule has 9 rings (SSSR count). The second-order valence-corrected chi connectivity index (χ2v) is 12.0. The lowest BCUT2D eigenvalue weighted by atomic mass is 9.98. The average Bonchev–Trinajstić information content (AvgIpc) is 3.68. The zero-order chi connectivity index (χ0) is 32.2. The van der Waals surface area contributed by atoms with E-state index in [9.17, 15) is 5.26 Å². The minimum Gasteiger partial charge on any atom is -0.310 e. The molecule has 2 heterocycles. The third kappa shape index (κ3) is 4.14. The van der Waals surface area contributed by atoms with Gasteiger partial charge in [-0.2, -0.15) is 5.26 Å². The number of hydrogen-bond acceptors (Lipinski definition) is 1. The van der Waals surface area contributed by atoms with Crippen molar-refractivity contribution in [2.24, 2.45) is 0 Å². The molecule has 0 amide bonds. The van der Waals surface area contributed by atoms with Gasteiger partial charge in [-0.05, 0) is 65.2 Å². The van der Waals surface area contributed by atoms with Crippen LogP contribution >= 0.6 is 0 Å². The fraction of sp³-hybridized carbons (Fsp3) is 0. The largest absolute Gasteiger partial charge is 0.310 e. The van der Waals surface area contributed by atoms with Gasteiger partial charge >= 0.3 is 0 Å². The lowest BCUT2D eigenvalue weighted by Crippen LogP contribution is -1.97.